The summed E-state index contributed by atoms with van der Waals surface area (Å²) in [4.78, 5) is 20.0. The lowest BCUT2D eigenvalue weighted by atomic mass is 10.3. The fourth-order valence-corrected chi connectivity index (χ4v) is 2.28. The molecule has 7 nitrogen and oxygen atoms in total. The molecule has 8 heteroatoms. The molecule has 22 heavy (non-hydrogen) atoms. The average molecular weight is 319 g/mol. The highest BCUT2D eigenvalue weighted by Gasteiger charge is 2.25. The highest BCUT2D eigenvalue weighted by Crippen LogP contribution is 2.17. The van der Waals surface area contributed by atoms with Gasteiger partial charge in [0, 0.05) is 17.8 Å². The summed E-state index contributed by atoms with van der Waals surface area (Å²) in [5, 5.41) is 12.9. The van der Waals surface area contributed by atoms with Gasteiger partial charge < -0.3 is 9.84 Å². The van der Waals surface area contributed by atoms with Crippen LogP contribution in [0.5, 0.6) is 5.88 Å². The van der Waals surface area contributed by atoms with Crippen LogP contribution in [0.1, 0.15) is 16.1 Å². The Labute approximate surface area is 130 Å². The number of carbonyl (C=O) groups is 1. The van der Waals surface area contributed by atoms with Crippen molar-refractivity contribution in [1.82, 2.24) is 14.5 Å². The molecule has 0 aliphatic carbocycles. The van der Waals surface area contributed by atoms with Gasteiger partial charge in [0.05, 0.1) is 25.7 Å². The maximum atomic E-state index is 12.5. The molecule has 0 radical (unpaired) electrons. The van der Waals surface area contributed by atoms with E-state index in [1.807, 2.05) is 0 Å². The number of imidazole rings is 1. The van der Waals surface area contributed by atoms with Crippen LogP contribution in [0.3, 0.4) is 0 Å². The van der Waals surface area contributed by atoms with E-state index in [-0.39, 0.29) is 12.2 Å². The SMILES string of the molecule is COC(=O)c1c([O-])n(Cc2ccc(Cl)nc2)c2nccc[n+]12. The van der Waals surface area contributed by atoms with Gasteiger partial charge in [-0.2, -0.15) is 4.40 Å². The Morgan fingerprint density at radius 2 is 2.27 bits per heavy atom. The molecule has 112 valence electrons. The zero-order valence-corrected chi connectivity index (χ0v) is 12.3. The molecular weight excluding hydrogens is 308 g/mol. The highest BCUT2D eigenvalue weighted by molar-refractivity contribution is 6.29. The standard InChI is InChI=1S/C14H11ClN4O3/c1-22-13(21)11-12(20)19(14-16-5-2-6-18(11)14)8-9-3-4-10(15)17-7-9/h2-7H,8H2,1H3. The van der Waals surface area contributed by atoms with E-state index >= 15 is 0 Å². The van der Waals surface area contributed by atoms with Crippen molar-refractivity contribution in [3.8, 4) is 5.88 Å². The number of carbonyl (C=O) groups excluding carboxylic acids is 1. The third-order valence-corrected chi connectivity index (χ3v) is 3.39. The van der Waals surface area contributed by atoms with Crippen LogP contribution in [0.25, 0.3) is 5.78 Å². The van der Waals surface area contributed by atoms with Crippen molar-refractivity contribution in [3.05, 3.63) is 53.2 Å². The van der Waals surface area contributed by atoms with Gasteiger partial charge in [-0.25, -0.2) is 14.3 Å². The van der Waals surface area contributed by atoms with Gasteiger partial charge in [-0.15, -0.1) is 0 Å². The molecule has 0 N–H and O–H groups in total. The minimum absolute atomic E-state index is 0.0903. The lowest BCUT2D eigenvalue weighted by Crippen LogP contribution is -2.29. The Bertz CT molecular complexity index is 845. The number of nitrogens with zero attached hydrogens (tertiary/aromatic N) is 4. The van der Waals surface area contributed by atoms with Gasteiger partial charge in [-0.3, -0.25) is 0 Å². The van der Waals surface area contributed by atoms with Gasteiger partial charge in [-0.05, 0) is 6.07 Å². The topological polar surface area (TPSA) is 84.2 Å². The van der Waals surface area contributed by atoms with E-state index in [1.54, 1.807) is 36.8 Å². The molecule has 0 saturated carbocycles. The third kappa shape index (κ3) is 2.35. The number of halogens is 1. The Morgan fingerprint density at radius 3 is 2.95 bits per heavy atom. The van der Waals surface area contributed by atoms with Crippen LogP contribution < -0.4 is 9.51 Å². The summed E-state index contributed by atoms with van der Waals surface area (Å²) in [6, 6.07) is 5.02. The number of methoxy groups -OCH3 is 1. The van der Waals surface area contributed by atoms with Gasteiger partial charge in [0.15, 0.2) is 0 Å². The van der Waals surface area contributed by atoms with Crippen LogP contribution in [-0.4, -0.2) is 27.6 Å². The van der Waals surface area contributed by atoms with E-state index in [0.29, 0.717) is 10.9 Å². The molecule has 0 amide bonds. The number of fused-ring (bicyclic) bond motifs is 1. The maximum Gasteiger partial charge on any atom is 0.403 e. The van der Waals surface area contributed by atoms with E-state index in [9.17, 15) is 9.90 Å². The Hall–Kier alpha value is -2.67. The number of ether oxygens (including phenoxy) is 1. The molecule has 3 aromatic heterocycles. The van der Waals surface area contributed by atoms with E-state index in [1.165, 1.54) is 16.1 Å². The summed E-state index contributed by atoms with van der Waals surface area (Å²) in [6.45, 7) is 0.223. The largest absolute Gasteiger partial charge is 0.846 e. The first-order valence-corrected chi connectivity index (χ1v) is 6.74. The monoisotopic (exact) mass is 318 g/mol. The summed E-state index contributed by atoms with van der Waals surface area (Å²) in [5.74, 6) is -0.829. The Kier molecular flexibility index (Phi) is 3.64. The molecule has 0 unspecified atom stereocenters. The van der Waals surface area contributed by atoms with Crippen LogP contribution in [0.2, 0.25) is 5.15 Å². The number of hydrogen-bond acceptors (Lipinski definition) is 5. The molecule has 0 aliphatic heterocycles. The lowest BCUT2D eigenvalue weighted by molar-refractivity contribution is -0.519. The minimum Gasteiger partial charge on any atom is -0.846 e. The normalized spacial score (nSPS) is 10.8. The fraction of sp³-hybridized carbons (Fsp3) is 0.143. The molecule has 0 spiro atoms. The van der Waals surface area contributed by atoms with Gasteiger partial charge in [0.25, 0.3) is 0 Å². The van der Waals surface area contributed by atoms with Crippen molar-refractivity contribution in [3.63, 3.8) is 0 Å². The van der Waals surface area contributed by atoms with Crippen LogP contribution in [0, 0.1) is 0 Å². The number of pyridine rings is 1. The smallest absolute Gasteiger partial charge is 0.403 e. The Morgan fingerprint density at radius 1 is 1.45 bits per heavy atom. The summed E-state index contributed by atoms with van der Waals surface area (Å²) in [6.07, 6.45) is 4.71. The lowest BCUT2D eigenvalue weighted by Gasteiger charge is -2.07. The fourth-order valence-electron chi connectivity index (χ4n) is 2.17. The quantitative estimate of drug-likeness (QED) is 0.401. The maximum absolute atomic E-state index is 12.5. The third-order valence-electron chi connectivity index (χ3n) is 3.16. The first-order chi connectivity index (χ1) is 10.6. The van der Waals surface area contributed by atoms with Crippen molar-refractivity contribution in [2.45, 2.75) is 6.54 Å². The summed E-state index contributed by atoms with van der Waals surface area (Å²) in [5.41, 5.74) is 0.675. The zero-order chi connectivity index (χ0) is 15.7. The number of esters is 1. The van der Waals surface area contributed by atoms with Crippen molar-refractivity contribution in [2.24, 2.45) is 0 Å². The highest BCUT2D eigenvalue weighted by atomic mass is 35.5. The average Bonchev–Trinajstić information content (AvgIpc) is 2.81. The summed E-state index contributed by atoms with van der Waals surface area (Å²) in [7, 11) is 1.23. The molecular formula is C14H11ClN4O3. The van der Waals surface area contributed by atoms with Crippen LogP contribution in [-0.2, 0) is 11.3 Å². The van der Waals surface area contributed by atoms with Crippen molar-refractivity contribution in [2.75, 3.05) is 7.11 Å². The summed E-state index contributed by atoms with van der Waals surface area (Å²) < 4.78 is 7.47. The molecule has 3 aromatic rings. The second-order valence-electron chi connectivity index (χ2n) is 4.51. The number of rotatable bonds is 3. The van der Waals surface area contributed by atoms with Crippen LogP contribution in [0.4, 0.5) is 0 Å². The molecule has 0 bridgehead atoms. The molecule has 0 aromatic carbocycles. The van der Waals surface area contributed by atoms with E-state index < -0.39 is 11.8 Å². The second kappa shape index (κ2) is 5.61. The number of aromatic nitrogens is 4. The van der Waals surface area contributed by atoms with Gasteiger partial charge in [0.1, 0.15) is 11.3 Å². The van der Waals surface area contributed by atoms with Crippen LogP contribution in [0.15, 0.2) is 36.8 Å². The van der Waals surface area contributed by atoms with Gasteiger partial charge >= 0.3 is 11.7 Å². The van der Waals surface area contributed by atoms with Crippen molar-refractivity contribution < 1.29 is 19.0 Å². The van der Waals surface area contributed by atoms with Gasteiger partial charge in [0.2, 0.25) is 5.69 Å². The van der Waals surface area contributed by atoms with E-state index in [2.05, 4.69) is 14.7 Å². The van der Waals surface area contributed by atoms with E-state index in [0.717, 1.165) is 5.56 Å². The van der Waals surface area contributed by atoms with E-state index in [4.69, 9.17) is 11.6 Å². The predicted octanol–water partition coefficient (Wildman–Crippen LogP) is 0.579. The molecule has 3 rings (SSSR count). The molecule has 0 saturated heterocycles. The first-order valence-electron chi connectivity index (χ1n) is 6.36. The zero-order valence-electron chi connectivity index (χ0n) is 11.6. The molecule has 0 fully saturated rings. The van der Waals surface area contributed by atoms with Crippen LogP contribution >= 0.6 is 11.6 Å². The van der Waals surface area contributed by atoms with Gasteiger partial charge in [-0.1, -0.05) is 22.7 Å². The van der Waals surface area contributed by atoms with Crippen molar-refractivity contribution in [1.29, 1.82) is 0 Å². The van der Waals surface area contributed by atoms with Crippen molar-refractivity contribution >= 4 is 23.3 Å². The minimum atomic E-state index is -0.707. The first kappa shape index (κ1) is 14.3. The molecule has 0 atom stereocenters. The molecule has 3 heterocycles. The second-order valence-corrected chi connectivity index (χ2v) is 4.90. The Balaban J connectivity index is 2.15. The summed E-state index contributed by atoms with van der Waals surface area (Å²) >= 11 is 5.75. The molecule has 0 aliphatic rings. The predicted molar refractivity (Wildman–Crippen MR) is 74.5 cm³/mol. The number of hydrogen-bond donors (Lipinski definition) is 0.